The first-order chi connectivity index (χ1) is 9.81. The normalized spacial score (nSPS) is 10.7. The van der Waals surface area contributed by atoms with Crippen LogP contribution in [-0.2, 0) is 4.79 Å². The smallest absolute Gasteiger partial charge is 0.219 e. The predicted molar refractivity (Wildman–Crippen MR) is 92.5 cm³/mol. The summed E-state index contributed by atoms with van der Waals surface area (Å²) in [5, 5.41) is 2.85. The molecule has 0 aromatic rings. The van der Waals surface area contributed by atoms with E-state index < -0.39 is 0 Å². The van der Waals surface area contributed by atoms with Crippen LogP contribution in [0.5, 0.6) is 0 Å². The molecule has 0 atom stereocenters. The van der Waals surface area contributed by atoms with Gasteiger partial charge in [0.15, 0.2) is 0 Å². The lowest BCUT2D eigenvalue weighted by molar-refractivity contribution is -0.121. The van der Waals surface area contributed by atoms with Gasteiger partial charge in [0.2, 0.25) is 5.91 Å². The lowest BCUT2D eigenvalue weighted by Crippen LogP contribution is -2.21. The molecule has 2 nitrogen and oxygen atoms in total. The van der Waals surface area contributed by atoms with Gasteiger partial charge in [0.1, 0.15) is 0 Å². The summed E-state index contributed by atoms with van der Waals surface area (Å²) >= 11 is 2.12. The van der Waals surface area contributed by atoms with Gasteiger partial charge in [0, 0.05) is 13.0 Å². The molecule has 0 aliphatic heterocycles. The zero-order valence-corrected chi connectivity index (χ0v) is 14.5. The van der Waals surface area contributed by atoms with Crippen molar-refractivity contribution in [3.8, 4) is 0 Å². The van der Waals surface area contributed by atoms with Crippen molar-refractivity contribution in [2.75, 3.05) is 18.1 Å². The molecule has 0 spiro atoms. The third kappa shape index (κ3) is 15.9. The third-order valence-corrected chi connectivity index (χ3v) is 4.61. The maximum atomic E-state index is 11.2. The van der Waals surface area contributed by atoms with Crippen molar-refractivity contribution < 1.29 is 4.79 Å². The molecule has 3 heteroatoms. The number of carbonyl (C=O) groups excluding carboxylic acids is 1. The molecule has 1 N–H and O–H groups in total. The van der Waals surface area contributed by atoms with E-state index in [1.54, 1.807) is 0 Å². The average Bonchev–Trinajstić information content (AvgIpc) is 2.44. The van der Waals surface area contributed by atoms with Crippen molar-refractivity contribution in [2.24, 2.45) is 0 Å². The molecule has 0 radical (unpaired) electrons. The van der Waals surface area contributed by atoms with Crippen molar-refractivity contribution >= 4 is 17.7 Å². The second kappa shape index (κ2) is 16.9. The largest absolute Gasteiger partial charge is 0.356 e. The highest BCUT2D eigenvalue weighted by molar-refractivity contribution is 7.99. The van der Waals surface area contributed by atoms with Crippen molar-refractivity contribution in [1.82, 2.24) is 5.32 Å². The second-order valence-corrected chi connectivity index (χ2v) is 6.72. The van der Waals surface area contributed by atoms with Gasteiger partial charge in [-0.15, -0.1) is 0 Å². The van der Waals surface area contributed by atoms with Gasteiger partial charge >= 0.3 is 0 Å². The van der Waals surface area contributed by atoms with Crippen LogP contribution in [0.2, 0.25) is 0 Å². The van der Waals surface area contributed by atoms with Gasteiger partial charge in [-0.05, 0) is 37.7 Å². The number of hydrogen-bond donors (Lipinski definition) is 1. The lowest BCUT2D eigenvalue weighted by Gasteiger charge is -2.03. The molecule has 0 fully saturated rings. The van der Waals surface area contributed by atoms with Crippen LogP contribution in [-0.4, -0.2) is 24.0 Å². The fourth-order valence-electron chi connectivity index (χ4n) is 2.18. The van der Waals surface area contributed by atoms with Gasteiger partial charge in [0.05, 0.1) is 0 Å². The molecule has 0 unspecified atom stereocenters. The molecule has 0 saturated heterocycles. The Hall–Kier alpha value is -0.180. The Balaban J connectivity index is 3.01. The number of amides is 1. The fourth-order valence-corrected chi connectivity index (χ4v) is 3.29. The number of unbranched alkanes of at least 4 members (excludes halogenated alkanes) is 8. The molecule has 0 aliphatic rings. The summed E-state index contributed by atoms with van der Waals surface area (Å²) in [5.74, 6) is 2.92. The van der Waals surface area contributed by atoms with Crippen molar-refractivity contribution in [2.45, 2.75) is 84.5 Å². The lowest BCUT2D eigenvalue weighted by atomic mass is 10.1. The van der Waals surface area contributed by atoms with Crippen molar-refractivity contribution in [1.29, 1.82) is 0 Å². The molecule has 0 rings (SSSR count). The molecule has 120 valence electrons. The monoisotopic (exact) mass is 301 g/mol. The van der Waals surface area contributed by atoms with Crippen LogP contribution in [0.15, 0.2) is 0 Å². The highest BCUT2D eigenvalue weighted by Crippen LogP contribution is 2.12. The first-order valence-electron chi connectivity index (χ1n) is 8.65. The SMILES string of the molecule is CCCCSCCCCCCCCCCC(=O)NCC. The maximum Gasteiger partial charge on any atom is 0.219 e. The van der Waals surface area contributed by atoms with Crippen molar-refractivity contribution in [3.63, 3.8) is 0 Å². The van der Waals surface area contributed by atoms with Crippen LogP contribution in [0, 0.1) is 0 Å². The van der Waals surface area contributed by atoms with E-state index in [-0.39, 0.29) is 5.91 Å². The van der Waals surface area contributed by atoms with E-state index in [4.69, 9.17) is 0 Å². The molecule has 0 bridgehead atoms. The van der Waals surface area contributed by atoms with Crippen LogP contribution in [0.25, 0.3) is 0 Å². The maximum absolute atomic E-state index is 11.2. The van der Waals surface area contributed by atoms with Gasteiger partial charge in [-0.1, -0.05) is 51.9 Å². The molecule has 0 aliphatic carbocycles. The minimum atomic E-state index is 0.216. The number of nitrogens with one attached hydrogen (secondary N) is 1. The summed E-state index contributed by atoms with van der Waals surface area (Å²) in [6, 6.07) is 0. The fraction of sp³-hybridized carbons (Fsp3) is 0.941. The van der Waals surface area contributed by atoms with Crippen LogP contribution >= 0.6 is 11.8 Å². The summed E-state index contributed by atoms with van der Waals surface area (Å²) in [6.07, 6.45) is 13.9. The number of carbonyl (C=O) groups is 1. The zero-order chi connectivity index (χ0) is 14.9. The summed E-state index contributed by atoms with van der Waals surface area (Å²) in [4.78, 5) is 11.2. The predicted octanol–water partition coefficient (Wildman–Crippen LogP) is 5.17. The number of thioether (sulfide) groups is 1. The molecule has 0 aromatic heterocycles. The number of hydrogen-bond acceptors (Lipinski definition) is 2. The van der Waals surface area contributed by atoms with Crippen LogP contribution in [0.1, 0.15) is 84.5 Å². The highest BCUT2D eigenvalue weighted by Gasteiger charge is 1.98. The molecule has 0 heterocycles. The second-order valence-electron chi connectivity index (χ2n) is 5.50. The van der Waals surface area contributed by atoms with E-state index >= 15 is 0 Å². The third-order valence-electron chi connectivity index (χ3n) is 3.46. The Morgan fingerprint density at radius 3 is 1.95 bits per heavy atom. The van der Waals surface area contributed by atoms with E-state index in [2.05, 4.69) is 24.0 Å². The van der Waals surface area contributed by atoms with Crippen molar-refractivity contribution in [3.05, 3.63) is 0 Å². The van der Waals surface area contributed by atoms with E-state index in [9.17, 15) is 4.79 Å². The van der Waals surface area contributed by atoms with Crippen LogP contribution < -0.4 is 5.32 Å². The molecule has 1 amide bonds. The Morgan fingerprint density at radius 2 is 1.35 bits per heavy atom. The molecular formula is C17H35NOS. The minimum absolute atomic E-state index is 0.216. The summed E-state index contributed by atoms with van der Waals surface area (Å²) in [6.45, 7) is 4.99. The summed E-state index contributed by atoms with van der Waals surface area (Å²) in [7, 11) is 0. The molecule has 0 aromatic carbocycles. The molecule has 0 saturated carbocycles. The van der Waals surface area contributed by atoms with Gasteiger partial charge in [0.25, 0.3) is 0 Å². The van der Waals surface area contributed by atoms with E-state index in [0.29, 0.717) is 6.42 Å². The van der Waals surface area contributed by atoms with E-state index in [1.165, 1.54) is 69.3 Å². The zero-order valence-electron chi connectivity index (χ0n) is 13.7. The first-order valence-corrected chi connectivity index (χ1v) is 9.81. The quantitative estimate of drug-likeness (QED) is 0.423. The van der Waals surface area contributed by atoms with Crippen LogP contribution in [0.4, 0.5) is 0 Å². The van der Waals surface area contributed by atoms with E-state index in [0.717, 1.165) is 13.0 Å². The van der Waals surface area contributed by atoms with Gasteiger partial charge < -0.3 is 5.32 Å². The Labute approximate surface area is 130 Å². The minimum Gasteiger partial charge on any atom is -0.356 e. The Kier molecular flexibility index (Phi) is 16.7. The Bertz CT molecular complexity index is 209. The van der Waals surface area contributed by atoms with Gasteiger partial charge in [-0.25, -0.2) is 0 Å². The molecule has 20 heavy (non-hydrogen) atoms. The van der Waals surface area contributed by atoms with Gasteiger partial charge in [-0.2, -0.15) is 11.8 Å². The van der Waals surface area contributed by atoms with Crippen LogP contribution in [0.3, 0.4) is 0 Å². The average molecular weight is 302 g/mol. The first kappa shape index (κ1) is 19.8. The Morgan fingerprint density at radius 1 is 0.800 bits per heavy atom. The summed E-state index contributed by atoms with van der Waals surface area (Å²) < 4.78 is 0. The van der Waals surface area contributed by atoms with E-state index in [1.807, 2.05) is 6.92 Å². The highest BCUT2D eigenvalue weighted by atomic mass is 32.2. The summed E-state index contributed by atoms with van der Waals surface area (Å²) in [5.41, 5.74) is 0. The molecular weight excluding hydrogens is 266 g/mol. The van der Waals surface area contributed by atoms with Gasteiger partial charge in [-0.3, -0.25) is 4.79 Å². The standard InChI is InChI=1S/C17H35NOS/c1-3-5-15-20-16-13-11-9-7-6-8-10-12-14-17(19)18-4-2/h3-16H2,1-2H3,(H,18,19). The topological polar surface area (TPSA) is 29.1 Å². The number of rotatable bonds is 15.